The van der Waals surface area contributed by atoms with Gasteiger partial charge in [-0.1, -0.05) is 18.2 Å². The largest absolute Gasteiger partial charge is 0.495 e. The van der Waals surface area contributed by atoms with Gasteiger partial charge in [0.05, 0.1) is 22.6 Å². The second kappa shape index (κ2) is 8.99. The van der Waals surface area contributed by atoms with Crippen LogP contribution in [-0.2, 0) is 20.0 Å². The minimum atomic E-state index is -3.98. The van der Waals surface area contributed by atoms with Gasteiger partial charge in [0.15, 0.2) is 0 Å². The fraction of sp³-hybridized carbons (Fsp3) is 0.0952. The highest BCUT2D eigenvalue weighted by Crippen LogP contribution is 2.28. The Labute approximate surface area is 186 Å². The predicted octanol–water partition coefficient (Wildman–Crippen LogP) is 2.70. The van der Waals surface area contributed by atoms with Crippen LogP contribution in [0.15, 0.2) is 76.5 Å². The summed E-state index contributed by atoms with van der Waals surface area (Å²) >= 11 is 0. The lowest BCUT2D eigenvalue weighted by molar-refractivity contribution is 0.102. The van der Waals surface area contributed by atoms with Gasteiger partial charge in [0.1, 0.15) is 5.75 Å². The molecule has 0 aromatic heterocycles. The van der Waals surface area contributed by atoms with Crippen LogP contribution in [0.3, 0.4) is 0 Å². The van der Waals surface area contributed by atoms with E-state index >= 15 is 0 Å². The molecule has 0 heterocycles. The molecule has 3 aromatic rings. The van der Waals surface area contributed by atoms with Crippen molar-refractivity contribution in [3.8, 4) is 5.75 Å². The van der Waals surface area contributed by atoms with Crippen molar-refractivity contribution in [1.29, 1.82) is 0 Å². The lowest BCUT2D eigenvalue weighted by Crippen LogP contribution is -2.17. The molecule has 168 valence electrons. The molecule has 0 saturated heterocycles. The second-order valence-electron chi connectivity index (χ2n) is 6.81. The van der Waals surface area contributed by atoms with E-state index in [1.54, 1.807) is 43.3 Å². The smallest absolute Gasteiger partial charge is 0.262 e. The molecule has 9 nitrogen and oxygen atoms in total. The number of benzene rings is 3. The quantitative estimate of drug-likeness (QED) is 0.479. The van der Waals surface area contributed by atoms with Gasteiger partial charge in [-0.05, 0) is 61.0 Å². The Bertz CT molecular complexity index is 1370. The third-order valence-electron chi connectivity index (χ3n) is 4.53. The van der Waals surface area contributed by atoms with E-state index in [4.69, 9.17) is 9.88 Å². The highest BCUT2D eigenvalue weighted by molar-refractivity contribution is 7.92. The Hall–Kier alpha value is -3.41. The molecule has 0 aliphatic carbocycles. The summed E-state index contributed by atoms with van der Waals surface area (Å²) in [6.07, 6.45) is 0. The number of rotatable bonds is 7. The number of methoxy groups -OCH3 is 1. The summed E-state index contributed by atoms with van der Waals surface area (Å²) in [7, 11) is -6.43. The molecule has 0 spiro atoms. The minimum absolute atomic E-state index is 0.0224. The van der Waals surface area contributed by atoms with Crippen molar-refractivity contribution in [2.45, 2.75) is 16.7 Å². The lowest BCUT2D eigenvalue weighted by Gasteiger charge is -2.14. The van der Waals surface area contributed by atoms with Crippen LogP contribution in [0.25, 0.3) is 0 Å². The van der Waals surface area contributed by atoms with E-state index in [2.05, 4.69) is 10.0 Å². The molecule has 3 aromatic carbocycles. The number of carbonyl (C=O) groups excluding carboxylic acids is 1. The first-order valence-electron chi connectivity index (χ1n) is 9.22. The van der Waals surface area contributed by atoms with Crippen molar-refractivity contribution in [2.75, 3.05) is 17.1 Å². The molecule has 0 aliphatic heterocycles. The van der Waals surface area contributed by atoms with Gasteiger partial charge in [-0.25, -0.2) is 22.0 Å². The zero-order chi connectivity index (χ0) is 23.5. The van der Waals surface area contributed by atoms with Crippen LogP contribution in [0, 0.1) is 6.92 Å². The highest BCUT2D eigenvalue weighted by Gasteiger charge is 2.20. The lowest BCUT2D eigenvalue weighted by atomic mass is 10.2. The molecule has 1 amide bonds. The number of primary sulfonamides is 1. The number of carbonyl (C=O) groups is 1. The van der Waals surface area contributed by atoms with Gasteiger partial charge in [0.25, 0.3) is 15.9 Å². The minimum Gasteiger partial charge on any atom is -0.495 e. The molecule has 11 heteroatoms. The standard InChI is InChI=1S/C21H21N3O6S2/c1-14-7-10-16(23-21(25)15-8-11-17(12-9-15)31(22,26)27)13-20(14)32(28,29)24-18-5-3-4-6-19(18)30-2/h3-13,24H,1-2H3,(H,23,25)(H2,22,26,27). The summed E-state index contributed by atoms with van der Waals surface area (Å²) in [5.41, 5.74) is 1.17. The monoisotopic (exact) mass is 475 g/mol. The Morgan fingerprint density at radius 3 is 2.22 bits per heavy atom. The van der Waals surface area contributed by atoms with E-state index in [0.717, 1.165) is 0 Å². The van der Waals surface area contributed by atoms with Crippen molar-refractivity contribution in [3.63, 3.8) is 0 Å². The molecule has 0 radical (unpaired) electrons. The van der Waals surface area contributed by atoms with Crippen LogP contribution in [-0.4, -0.2) is 29.9 Å². The number of nitrogens with two attached hydrogens (primary N) is 1. The van der Waals surface area contributed by atoms with Gasteiger partial charge in [-0.2, -0.15) is 0 Å². The van der Waals surface area contributed by atoms with E-state index in [9.17, 15) is 21.6 Å². The van der Waals surface area contributed by atoms with E-state index in [1.807, 2.05) is 0 Å². The summed E-state index contributed by atoms with van der Waals surface area (Å²) in [6.45, 7) is 1.63. The predicted molar refractivity (Wildman–Crippen MR) is 121 cm³/mol. The van der Waals surface area contributed by atoms with E-state index in [0.29, 0.717) is 11.3 Å². The molecule has 32 heavy (non-hydrogen) atoms. The van der Waals surface area contributed by atoms with Crippen molar-refractivity contribution >= 4 is 37.3 Å². The number of hydrogen-bond acceptors (Lipinski definition) is 6. The Balaban J connectivity index is 1.86. The number of aryl methyl sites for hydroxylation is 1. The third kappa shape index (κ3) is 5.25. The third-order valence-corrected chi connectivity index (χ3v) is 6.97. The van der Waals surface area contributed by atoms with Gasteiger partial charge in [0.2, 0.25) is 10.0 Å². The fourth-order valence-corrected chi connectivity index (χ4v) is 4.75. The van der Waals surface area contributed by atoms with Gasteiger partial charge < -0.3 is 10.1 Å². The molecule has 0 bridgehead atoms. The second-order valence-corrected chi connectivity index (χ2v) is 10.0. The molecule has 3 rings (SSSR count). The number of hydrogen-bond donors (Lipinski definition) is 3. The molecular formula is C21H21N3O6S2. The Kier molecular flexibility index (Phi) is 6.53. The Morgan fingerprint density at radius 2 is 1.59 bits per heavy atom. The van der Waals surface area contributed by atoms with Gasteiger partial charge in [-0.3, -0.25) is 9.52 Å². The molecule has 0 atom stereocenters. The first-order chi connectivity index (χ1) is 15.0. The molecule has 0 fully saturated rings. The maximum atomic E-state index is 13.0. The van der Waals surface area contributed by atoms with Gasteiger partial charge >= 0.3 is 0 Å². The fourth-order valence-electron chi connectivity index (χ4n) is 2.90. The van der Waals surface area contributed by atoms with Crippen LogP contribution < -0.4 is 19.9 Å². The van der Waals surface area contributed by atoms with Crippen molar-refractivity contribution < 1.29 is 26.4 Å². The van der Waals surface area contributed by atoms with Crippen LogP contribution in [0.2, 0.25) is 0 Å². The number of ether oxygens (including phenoxy) is 1. The molecule has 0 unspecified atom stereocenters. The number of anilines is 2. The maximum Gasteiger partial charge on any atom is 0.262 e. The van der Waals surface area contributed by atoms with E-state index < -0.39 is 26.0 Å². The average molecular weight is 476 g/mol. The zero-order valence-corrected chi connectivity index (χ0v) is 18.8. The van der Waals surface area contributed by atoms with E-state index in [1.165, 1.54) is 37.4 Å². The first kappa shape index (κ1) is 23.3. The van der Waals surface area contributed by atoms with E-state index in [-0.39, 0.29) is 26.7 Å². The number of sulfonamides is 2. The number of para-hydroxylation sites is 2. The summed E-state index contributed by atoms with van der Waals surface area (Å²) < 4.78 is 56.3. The highest BCUT2D eigenvalue weighted by atomic mass is 32.2. The van der Waals surface area contributed by atoms with Crippen molar-refractivity contribution in [1.82, 2.24) is 0 Å². The normalized spacial score (nSPS) is 11.6. The number of amides is 1. The summed E-state index contributed by atoms with van der Waals surface area (Å²) in [5, 5.41) is 7.66. The molecule has 4 N–H and O–H groups in total. The number of nitrogens with one attached hydrogen (secondary N) is 2. The topological polar surface area (TPSA) is 145 Å². The van der Waals surface area contributed by atoms with Crippen molar-refractivity contribution in [3.05, 3.63) is 77.9 Å². The molecular weight excluding hydrogens is 454 g/mol. The maximum absolute atomic E-state index is 13.0. The van der Waals surface area contributed by atoms with Gasteiger partial charge in [-0.15, -0.1) is 0 Å². The summed E-state index contributed by atoms with van der Waals surface area (Å²) in [4.78, 5) is 12.4. The van der Waals surface area contributed by atoms with Crippen LogP contribution >= 0.6 is 0 Å². The van der Waals surface area contributed by atoms with Crippen LogP contribution in [0.1, 0.15) is 15.9 Å². The molecule has 0 aliphatic rings. The SMILES string of the molecule is COc1ccccc1NS(=O)(=O)c1cc(NC(=O)c2ccc(S(N)(=O)=O)cc2)ccc1C. The van der Waals surface area contributed by atoms with Gasteiger partial charge in [0, 0.05) is 11.3 Å². The molecule has 0 saturated carbocycles. The summed E-state index contributed by atoms with van der Waals surface area (Å²) in [5.74, 6) is -0.183. The summed E-state index contributed by atoms with van der Waals surface area (Å²) in [6, 6.07) is 16.1. The Morgan fingerprint density at radius 1 is 0.938 bits per heavy atom. The zero-order valence-electron chi connectivity index (χ0n) is 17.2. The van der Waals surface area contributed by atoms with Crippen LogP contribution in [0.4, 0.5) is 11.4 Å². The first-order valence-corrected chi connectivity index (χ1v) is 12.2. The van der Waals surface area contributed by atoms with Crippen LogP contribution in [0.5, 0.6) is 5.75 Å². The average Bonchev–Trinajstić information content (AvgIpc) is 2.74. The van der Waals surface area contributed by atoms with Crippen molar-refractivity contribution in [2.24, 2.45) is 5.14 Å².